The van der Waals surface area contributed by atoms with Crippen LogP contribution in [0.3, 0.4) is 0 Å². The maximum absolute atomic E-state index is 14.0. The van der Waals surface area contributed by atoms with Crippen LogP contribution in [0.5, 0.6) is 0 Å². The molecule has 0 heterocycles. The van der Waals surface area contributed by atoms with E-state index in [1.807, 2.05) is 51.1 Å². The minimum atomic E-state index is -4.67. The highest BCUT2D eigenvalue weighted by molar-refractivity contribution is 7.92. The van der Waals surface area contributed by atoms with Gasteiger partial charge in [-0.15, -0.1) is 0 Å². The van der Waals surface area contributed by atoms with Crippen molar-refractivity contribution in [1.29, 1.82) is 0 Å². The SMILES string of the molecule is CC(C)(C)NC(=O)[C@@H](Cc1ccccc1)N(Cc1c(Cl)cccc1Cl)C(=O)CCCN(c1cccc(C(F)(F)F)c1)S(C)(=O)=O. The van der Waals surface area contributed by atoms with Crippen LogP contribution < -0.4 is 9.62 Å². The van der Waals surface area contributed by atoms with Gasteiger partial charge in [-0.1, -0.05) is 65.7 Å². The van der Waals surface area contributed by atoms with Gasteiger partial charge in [-0.3, -0.25) is 13.9 Å². The van der Waals surface area contributed by atoms with Gasteiger partial charge in [-0.05, 0) is 63.1 Å². The summed E-state index contributed by atoms with van der Waals surface area (Å²) in [5, 5.41) is 3.53. The van der Waals surface area contributed by atoms with Crippen molar-refractivity contribution in [3.63, 3.8) is 0 Å². The summed E-state index contributed by atoms with van der Waals surface area (Å²) < 4.78 is 66.1. The molecule has 0 fully saturated rings. The Labute approximate surface area is 272 Å². The molecule has 1 atom stereocenters. The second-order valence-electron chi connectivity index (χ2n) is 11.7. The summed E-state index contributed by atoms with van der Waals surface area (Å²) in [7, 11) is -4.01. The molecule has 0 aliphatic heterocycles. The molecule has 0 aromatic heterocycles. The topological polar surface area (TPSA) is 86.8 Å². The van der Waals surface area contributed by atoms with Crippen LogP contribution in [-0.4, -0.2) is 49.5 Å². The van der Waals surface area contributed by atoms with Crippen molar-refractivity contribution < 1.29 is 31.2 Å². The lowest BCUT2D eigenvalue weighted by Crippen LogP contribution is -2.54. The van der Waals surface area contributed by atoms with Gasteiger partial charge in [0, 0.05) is 47.1 Å². The lowest BCUT2D eigenvalue weighted by molar-refractivity contribution is -0.142. The summed E-state index contributed by atoms with van der Waals surface area (Å²) >= 11 is 12.9. The lowest BCUT2D eigenvalue weighted by atomic mass is 10.00. The van der Waals surface area contributed by atoms with Gasteiger partial charge in [-0.25, -0.2) is 8.42 Å². The molecule has 2 amide bonds. The van der Waals surface area contributed by atoms with E-state index in [1.165, 1.54) is 11.0 Å². The average Bonchev–Trinajstić information content (AvgIpc) is 2.92. The van der Waals surface area contributed by atoms with E-state index in [1.54, 1.807) is 18.2 Å². The first-order valence-corrected chi connectivity index (χ1v) is 16.7. The second kappa shape index (κ2) is 14.9. The van der Waals surface area contributed by atoms with E-state index in [4.69, 9.17) is 23.2 Å². The number of hydrogen-bond acceptors (Lipinski definition) is 4. The Morgan fingerprint density at radius 2 is 1.51 bits per heavy atom. The largest absolute Gasteiger partial charge is 0.416 e. The minimum Gasteiger partial charge on any atom is -0.350 e. The van der Waals surface area contributed by atoms with E-state index in [0.717, 1.165) is 34.3 Å². The van der Waals surface area contributed by atoms with Gasteiger partial charge in [0.05, 0.1) is 17.5 Å². The zero-order chi connectivity index (χ0) is 33.6. The molecule has 0 bridgehead atoms. The number of halogens is 5. The van der Waals surface area contributed by atoms with Gasteiger partial charge in [0.1, 0.15) is 6.04 Å². The summed E-state index contributed by atoms with van der Waals surface area (Å²) in [5.41, 5.74) is -0.573. The first-order chi connectivity index (χ1) is 20.9. The molecule has 3 aromatic carbocycles. The molecule has 0 spiro atoms. The van der Waals surface area contributed by atoms with E-state index < -0.39 is 45.2 Å². The molecule has 3 rings (SSSR count). The monoisotopic (exact) mass is 685 g/mol. The molecule has 45 heavy (non-hydrogen) atoms. The predicted molar refractivity (Wildman–Crippen MR) is 172 cm³/mol. The van der Waals surface area contributed by atoms with Crippen molar-refractivity contribution in [2.75, 3.05) is 17.1 Å². The number of anilines is 1. The minimum absolute atomic E-state index is 0.0478. The number of benzene rings is 3. The Balaban J connectivity index is 1.96. The fraction of sp³-hybridized carbons (Fsp3) is 0.375. The number of alkyl halides is 3. The van der Waals surface area contributed by atoms with E-state index in [-0.39, 0.29) is 38.0 Å². The quantitative estimate of drug-likeness (QED) is 0.220. The molecule has 0 saturated heterocycles. The zero-order valence-electron chi connectivity index (χ0n) is 25.4. The molecule has 3 aromatic rings. The number of nitrogens with zero attached hydrogens (tertiary/aromatic N) is 2. The second-order valence-corrected chi connectivity index (χ2v) is 14.4. The number of rotatable bonds is 12. The normalized spacial score (nSPS) is 12.8. The summed E-state index contributed by atoms with van der Waals surface area (Å²) in [6.45, 7) is 5.05. The zero-order valence-corrected chi connectivity index (χ0v) is 27.7. The van der Waals surface area contributed by atoms with E-state index in [2.05, 4.69) is 5.32 Å². The van der Waals surface area contributed by atoms with Crippen LogP contribution in [0.1, 0.15) is 50.3 Å². The van der Waals surface area contributed by atoms with Crippen LogP contribution in [0.2, 0.25) is 10.0 Å². The molecule has 1 N–H and O–H groups in total. The van der Waals surface area contributed by atoms with Crippen molar-refractivity contribution in [3.05, 3.63) is 99.5 Å². The predicted octanol–water partition coefficient (Wildman–Crippen LogP) is 7.11. The Morgan fingerprint density at radius 3 is 2.07 bits per heavy atom. The van der Waals surface area contributed by atoms with E-state index in [0.29, 0.717) is 15.6 Å². The molecule has 0 unspecified atom stereocenters. The Bertz CT molecular complexity index is 1580. The molecule has 0 aliphatic carbocycles. The third-order valence-electron chi connectivity index (χ3n) is 6.77. The highest BCUT2D eigenvalue weighted by Crippen LogP contribution is 2.33. The van der Waals surface area contributed by atoms with Crippen LogP contribution in [0, 0.1) is 0 Å². The molecule has 0 saturated carbocycles. The molecular formula is C32H36Cl2F3N3O4S. The van der Waals surface area contributed by atoms with Crippen molar-refractivity contribution in [1.82, 2.24) is 10.2 Å². The molecule has 244 valence electrons. The maximum Gasteiger partial charge on any atom is 0.416 e. The van der Waals surface area contributed by atoms with Gasteiger partial charge >= 0.3 is 6.18 Å². The van der Waals surface area contributed by atoms with Gasteiger partial charge < -0.3 is 10.2 Å². The number of carbonyl (C=O) groups excluding carboxylic acids is 2. The van der Waals surface area contributed by atoms with Crippen LogP contribution in [-0.2, 0) is 38.8 Å². The highest BCUT2D eigenvalue weighted by atomic mass is 35.5. The summed E-state index contributed by atoms with van der Waals surface area (Å²) in [5.74, 6) is -0.905. The average molecular weight is 687 g/mol. The van der Waals surface area contributed by atoms with Crippen molar-refractivity contribution in [2.24, 2.45) is 0 Å². The van der Waals surface area contributed by atoms with Crippen LogP contribution in [0.15, 0.2) is 72.8 Å². The number of amides is 2. The molecule has 13 heteroatoms. The van der Waals surface area contributed by atoms with E-state index >= 15 is 0 Å². The van der Waals surface area contributed by atoms with Gasteiger partial charge in [-0.2, -0.15) is 13.2 Å². The van der Waals surface area contributed by atoms with Gasteiger partial charge in [0.15, 0.2) is 0 Å². The maximum atomic E-state index is 14.0. The molecule has 0 radical (unpaired) electrons. The van der Waals surface area contributed by atoms with E-state index in [9.17, 15) is 31.2 Å². The number of sulfonamides is 1. The van der Waals surface area contributed by atoms with Crippen LogP contribution in [0.4, 0.5) is 18.9 Å². The Kier molecular flexibility index (Phi) is 12.0. The Hall–Kier alpha value is -3.28. The number of carbonyl (C=O) groups is 2. The van der Waals surface area contributed by atoms with Crippen molar-refractivity contribution in [2.45, 2.75) is 64.3 Å². The summed E-state index contributed by atoms with van der Waals surface area (Å²) in [4.78, 5) is 29.1. The van der Waals surface area contributed by atoms with Gasteiger partial charge in [0.2, 0.25) is 21.8 Å². The number of nitrogens with one attached hydrogen (secondary N) is 1. The molecule has 7 nitrogen and oxygen atoms in total. The van der Waals surface area contributed by atoms with Crippen molar-refractivity contribution in [3.8, 4) is 0 Å². The summed E-state index contributed by atoms with van der Waals surface area (Å²) in [6, 6.07) is 17.0. The Morgan fingerprint density at radius 1 is 0.911 bits per heavy atom. The van der Waals surface area contributed by atoms with Gasteiger partial charge in [0.25, 0.3) is 0 Å². The molecular weight excluding hydrogens is 650 g/mol. The van der Waals surface area contributed by atoms with Crippen LogP contribution in [0.25, 0.3) is 0 Å². The number of hydrogen-bond donors (Lipinski definition) is 1. The first kappa shape index (κ1) is 36.2. The third-order valence-corrected chi connectivity index (χ3v) is 8.68. The third kappa shape index (κ3) is 10.6. The first-order valence-electron chi connectivity index (χ1n) is 14.1. The standard InChI is InChI=1S/C32H36Cl2F3N3O4S/c1-31(2,3)38-30(42)28(19-22-11-6-5-7-12-22)39(21-25-26(33)15-9-16-27(25)34)29(41)17-10-18-40(45(4,43)44)24-14-8-13-23(20-24)32(35,36)37/h5-9,11-16,20,28H,10,17-19,21H2,1-4H3,(H,38,42)/t28-/m1/s1. The smallest absolute Gasteiger partial charge is 0.350 e. The lowest BCUT2D eigenvalue weighted by Gasteiger charge is -2.34. The van der Waals surface area contributed by atoms with Crippen LogP contribution >= 0.6 is 23.2 Å². The summed E-state index contributed by atoms with van der Waals surface area (Å²) in [6.07, 6.45) is -3.89. The molecule has 0 aliphatic rings. The fourth-order valence-corrected chi connectivity index (χ4v) is 6.18. The highest BCUT2D eigenvalue weighted by Gasteiger charge is 2.34. The van der Waals surface area contributed by atoms with Crippen molar-refractivity contribution >= 4 is 50.7 Å². The fourth-order valence-electron chi connectivity index (χ4n) is 4.70.